The van der Waals surface area contributed by atoms with Crippen molar-refractivity contribution in [2.24, 2.45) is 0 Å². The number of amides is 1. The summed E-state index contributed by atoms with van der Waals surface area (Å²) in [5, 5.41) is 2.60. The second kappa shape index (κ2) is 8.75. The molecule has 1 atom stereocenters. The van der Waals surface area contributed by atoms with Crippen molar-refractivity contribution in [3.05, 3.63) is 54.1 Å². The Morgan fingerprint density at radius 2 is 1.64 bits per heavy atom. The lowest BCUT2D eigenvalue weighted by Crippen LogP contribution is -2.45. The molecule has 0 spiro atoms. The minimum absolute atomic E-state index is 0.168. The highest BCUT2D eigenvalue weighted by Crippen LogP contribution is 2.25. The van der Waals surface area contributed by atoms with E-state index in [4.69, 9.17) is 9.47 Å². The molecule has 0 aliphatic heterocycles. The summed E-state index contributed by atoms with van der Waals surface area (Å²) in [5.41, 5.74) is 0.711. The van der Waals surface area contributed by atoms with Gasteiger partial charge in [-0.3, -0.25) is 9.10 Å². The summed E-state index contributed by atoms with van der Waals surface area (Å²) in [6, 6.07) is 11.5. The van der Waals surface area contributed by atoms with Gasteiger partial charge in [0.1, 0.15) is 11.8 Å². The number of hydrogen-bond acceptors (Lipinski definition) is 6. The van der Waals surface area contributed by atoms with Crippen molar-refractivity contribution in [2.45, 2.75) is 13.0 Å². The van der Waals surface area contributed by atoms with Crippen LogP contribution >= 0.6 is 0 Å². The number of carbonyl (C=O) groups excluding carboxylic acids is 2. The van der Waals surface area contributed by atoms with E-state index in [1.165, 1.54) is 33.3 Å². The molecule has 0 aliphatic rings. The first-order chi connectivity index (χ1) is 13.2. The monoisotopic (exact) mass is 406 g/mol. The van der Waals surface area contributed by atoms with E-state index >= 15 is 0 Å². The lowest BCUT2D eigenvalue weighted by atomic mass is 10.1. The summed E-state index contributed by atoms with van der Waals surface area (Å²) < 4.78 is 35.5. The van der Waals surface area contributed by atoms with Gasteiger partial charge >= 0.3 is 5.97 Å². The number of methoxy groups -OCH3 is 2. The topological polar surface area (TPSA) is 102 Å². The summed E-state index contributed by atoms with van der Waals surface area (Å²) in [5.74, 6) is -0.655. The molecule has 2 rings (SSSR count). The molecule has 0 saturated carbocycles. The normalized spacial score (nSPS) is 12.0. The van der Waals surface area contributed by atoms with Crippen LogP contribution in [0.5, 0.6) is 5.75 Å². The van der Waals surface area contributed by atoms with Gasteiger partial charge in [-0.2, -0.15) is 0 Å². The smallest absolute Gasteiger partial charge is 0.339 e. The number of esters is 1. The Morgan fingerprint density at radius 3 is 2.18 bits per heavy atom. The molecular weight excluding hydrogens is 384 g/mol. The van der Waals surface area contributed by atoms with Crippen molar-refractivity contribution < 1.29 is 27.5 Å². The summed E-state index contributed by atoms with van der Waals surface area (Å²) in [4.78, 5) is 24.6. The van der Waals surface area contributed by atoms with Crippen LogP contribution in [0.15, 0.2) is 48.5 Å². The van der Waals surface area contributed by atoms with Crippen molar-refractivity contribution in [1.29, 1.82) is 0 Å². The lowest BCUT2D eigenvalue weighted by molar-refractivity contribution is -0.116. The van der Waals surface area contributed by atoms with Gasteiger partial charge in [0.15, 0.2) is 0 Å². The Morgan fingerprint density at radius 1 is 1.04 bits per heavy atom. The molecule has 1 N–H and O–H groups in total. The number of carbonyl (C=O) groups is 2. The number of rotatable bonds is 7. The zero-order valence-electron chi connectivity index (χ0n) is 16.0. The SMILES string of the molecule is COC(=O)c1ccccc1NC(=O)C(C)N(c1ccc(OC)cc1)S(C)(=O)=O. The number of nitrogens with zero attached hydrogens (tertiary/aromatic N) is 1. The number of benzene rings is 2. The molecule has 2 aromatic rings. The van der Waals surface area contributed by atoms with E-state index < -0.39 is 27.9 Å². The highest BCUT2D eigenvalue weighted by molar-refractivity contribution is 7.92. The summed E-state index contributed by atoms with van der Waals surface area (Å²) in [6.07, 6.45) is 1.02. The standard InChI is InChI=1S/C19H22N2O6S/c1-13(18(22)20-17-8-6-5-7-16(17)19(23)27-3)21(28(4,24)25)14-9-11-15(26-2)12-10-14/h5-13H,1-4H3,(H,20,22). The highest BCUT2D eigenvalue weighted by atomic mass is 32.2. The Bertz CT molecular complexity index is 957. The molecule has 2 aromatic carbocycles. The number of para-hydroxylation sites is 1. The van der Waals surface area contributed by atoms with Crippen LogP contribution in [0, 0.1) is 0 Å². The Kier molecular flexibility index (Phi) is 6.63. The van der Waals surface area contributed by atoms with Gasteiger partial charge in [-0.15, -0.1) is 0 Å². The number of nitrogens with one attached hydrogen (secondary N) is 1. The molecule has 1 unspecified atom stereocenters. The molecule has 8 nitrogen and oxygen atoms in total. The molecular formula is C19H22N2O6S. The number of sulfonamides is 1. The van der Waals surface area contributed by atoms with Gasteiger partial charge in [0.05, 0.1) is 37.4 Å². The molecule has 0 fully saturated rings. The van der Waals surface area contributed by atoms with Crippen molar-refractivity contribution in [3.8, 4) is 5.75 Å². The van der Waals surface area contributed by atoms with Gasteiger partial charge < -0.3 is 14.8 Å². The fourth-order valence-electron chi connectivity index (χ4n) is 2.66. The zero-order chi connectivity index (χ0) is 20.9. The van der Waals surface area contributed by atoms with E-state index in [0.29, 0.717) is 11.4 Å². The van der Waals surface area contributed by atoms with E-state index in [1.54, 1.807) is 36.4 Å². The Balaban J connectivity index is 2.34. The first-order valence-electron chi connectivity index (χ1n) is 8.30. The van der Waals surface area contributed by atoms with Crippen molar-refractivity contribution in [1.82, 2.24) is 0 Å². The van der Waals surface area contributed by atoms with E-state index in [9.17, 15) is 18.0 Å². The lowest BCUT2D eigenvalue weighted by Gasteiger charge is -2.28. The fraction of sp³-hybridized carbons (Fsp3) is 0.263. The maximum atomic E-state index is 12.8. The third-order valence-electron chi connectivity index (χ3n) is 4.01. The summed E-state index contributed by atoms with van der Waals surface area (Å²) >= 11 is 0. The number of ether oxygens (including phenoxy) is 2. The average Bonchev–Trinajstić information content (AvgIpc) is 2.67. The predicted molar refractivity (Wildman–Crippen MR) is 106 cm³/mol. The highest BCUT2D eigenvalue weighted by Gasteiger charge is 2.29. The molecule has 1 amide bonds. The van der Waals surface area contributed by atoms with Crippen molar-refractivity contribution >= 4 is 33.3 Å². The first-order valence-corrected chi connectivity index (χ1v) is 10.2. The van der Waals surface area contributed by atoms with Crippen LogP contribution in [0.25, 0.3) is 0 Å². The van der Waals surface area contributed by atoms with Crippen LogP contribution in [0.4, 0.5) is 11.4 Å². The number of hydrogen-bond donors (Lipinski definition) is 1. The van der Waals surface area contributed by atoms with Crippen molar-refractivity contribution in [2.75, 3.05) is 30.1 Å². The summed E-state index contributed by atoms with van der Waals surface area (Å²) in [7, 11) is -1.03. The quantitative estimate of drug-likeness (QED) is 0.708. The third kappa shape index (κ3) is 4.80. The van der Waals surface area contributed by atoms with Gasteiger partial charge in [-0.25, -0.2) is 13.2 Å². The molecule has 0 saturated heterocycles. The first kappa shape index (κ1) is 21.2. The van der Waals surface area contributed by atoms with Crippen LogP contribution in [0.3, 0.4) is 0 Å². The van der Waals surface area contributed by atoms with E-state index in [2.05, 4.69) is 5.32 Å². The zero-order valence-corrected chi connectivity index (χ0v) is 16.8. The van der Waals surface area contributed by atoms with Gasteiger partial charge in [-0.05, 0) is 43.3 Å². The van der Waals surface area contributed by atoms with Crippen LogP contribution in [-0.2, 0) is 19.6 Å². The Hall–Kier alpha value is -3.07. The minimum Gasteiger partial charge on any atom is -0.497 e. The molecule has 0 aliphatic carbocycles. The largest absolute Gasteiger partial charge is 0.497 e. The molecule has 0 radical (unpaired) electrons. The molecule has 9 heteroatoms. The van der Waals surface area contributed by atoms with Gasteiger partial charge in [0.25, 0.3) is 0 Å². The molecule has 0 bridgehead atoms. The fourth-order valence-corrected chi connectivity index (χ4v) is 3.83. The van der Waals surface area contributed by atoms with Crippen molar-refractivity contribution in [3.63, 3.8) is 0 Å². The van der Waals surface area contributed by atoms with Crippen LogP contribution < -0.4 is 14.4 Å². The maximum Gasteiger partial charge on any atom is 0.339 e. The van der Waals surface area contributed by atoms with Gasteiger partial charge in [0, 0.05) is 0 Å². The minimum atomic E-state index is -3.77. The number of anilines is 2. The van der Waals surface area contributed by atoms with Crippen LogP contribution in [-0.4, -0.2) is 46.8 Å². The van der Waals surface area contributed by atoms with Gasteiger partial charge in [0.2, 0.25) is 15.9 Å². The van der Waals surface area contributed by atoms with Gasteiger partial charge in [-0.1, -0.05) is 12.1 Å². The predicted octanol–water partition coefficient (Wildman–Crippen LogP) is 2.28. The Labute approximate surface area is 164 Å². The second-order valence-electron chi connectivity index (χ2n) is 5.96. The molecule has 150 valence electrons. The molecule has 0 heterocycles. The average molecular weight is 406 g/mol. The van der Waals surface area contributed by atoms with Crippen LogP contribution in [0.2, 0.25) is 0 Å². The second-order valence-corrected chi connectivity index (χ2v) is 7.82. The maximum absolute atomic E-state index is 12.8. The van der Waals surface area contributed by atoms with E-state index in [1.807, 2.05) is 0 Å². The third-order valence-corrected chi connectivity index (χ3v) is 5.25. The van der Waals surface area contributed by atoms with E-state index in [-0.39, 0.29) is 11.3 Å². The molecule has 28 heavy (non-hydrogen) atoms. The van der Waals surface area contributed by atoms with Crippen LogP contribution in [0.1, 0.15) is 17.3 Å². The molecule has 0 aromatic heterocycles. The van der Waals surface area contributed by atoms with E-state index in [0.717, 1.165) is 10.6 Å². The summed E-state index contributed by atoms with van der Waals surface area (Å²) in [6.45, 7) is 1.46.